The molecule has 0 radical (unpaired) electrons. The summed E-state index contributed by atoms with van der Waals surface area (Å²) in [6.07, 6.45) is 53.9. The zero-order valence-electron chi connectivity index (χ0n) is 32.4. The number of carbonyl (C=O) groups is 2. The Bertz CT molecular complexity index is 926. The fraction of sp³-hybridized carbons (Fsp3) is 0.689. The van der Waals surface area contributed by atoms with Gasteiger partial charge in [-0.3, -0.25) is 9.59 Å². The second-order valence-corrected chi connectivity index (χ2v) is 13.3. The number of hydrogen-bond acceptors (Lipinski definition) is 5. The molecule has 0 bridgehead atoms. The van der Waals surface area contributed by atoms with E-state index in [1.807, 2.05) is 0 Å². The second kappa shape index (κ2) is 40.8. The molecule has 0 aliphatic carbocycles. The fourth-order valence-corrected chi connectivity index (χ4v) is 5.40. The first-order valence-electron chi connectivity index (χ1n) is 20.5. The summed E-state index contributed by atoms with van der Waals surface area (Å²) in [6.45, 7) is 3.97. The summed E-state index contributed by atoms with van der Waals surface area (Å²) in [5.41, 5.74) is 0. The zero-order valence-corrected chi connectivity index (χ0v) is 32.4. The third kappa shape index (κ3) is 38.1. The number of allylic oxidation sites excluding steroid dienone is 12. The Morgan fingerprint density at radius 2 is 0.860 bits per heavy atom. The van der Waals surface area contributed by atoms with E-state index in [1.54, 1.807) is 0 Å². The van der Waals surface area contributed by atoms with Gasteiger partial charge in [-0.1, -0.05) is 157 Å². The van der Waals surface area contributed by atoms with Crippen molar-refractivity contribution in [3.63, 3.8) is 0 Å². The SMILES string of the molecule is CCC=CCC=CCC=CCC=CCCCCCCC(=O)OC(CO)COC(=O)CCCCCCCCCCCC=CCC=CCCCCC. The molecule has 0 amide bonds. The minimum atomic E-state index is -0.789. The summed E-state index contributed by atoms with van der Waals surface area (Å²) >= 11 is 0. The maximum absolute atomic E-state index is 12.2. The van der Waals surface area contributed by atoms with Crippen LogP contribution in [0.3, 0.4) is 0 Å². The summed E-state index contributed by atoms with van der Waals surface area (Å²) in [4.78, 5) is 24.3. The number of hydrogen-bond donors (Lipinski definition) is 1. The summed E-state index contributed by atoms with van der Waals surface area (Å²) in [5.74, 6) is -0.628. The van der Waals surface area contributed by atoms with Gasteiger partial charge < -0.3 is 14.6 Å². The summed E-state index contributed by atoms with van der Waals surface area (Å²) in [5, 5.41) is 9.56. The second-order valence-electron chi connectivity index (χ2n) is 13.3. The van der Waals surface area contributed by atoms with Crippen molar-refractivity contribution in [2.24, 2.45) is 0 Å². The molecule has 5 nitrogen and oxygen atoms in total. The van der Waals surface area contributed by atoms with E-state index in [-0.39, 0.29) is 25.2 Å². The summed E-state index contributed by atoms with van der Waals surface area (Å²) in [7, 11) is 0. The standard InChI is InChI=1S/C45H76O5/c1-3-5-7-9-11-13-15-17-19-21-22-24-25-27-29-31-33-35-37-39-44(47)49-42-43(41-46)50-45(48)40-38-36-34-32-30-28-26-23-20-18-16-14-12-10-8-6-4-2/h6,8,11-14,17-20,26,28,43,46H,3-5,7,9-10,15-16,21-25,27,29-42H2,1-2H3. The van der Waals surface area contributed by atoms with Crippen molar-refractivity contribution in [3.8, 4) is 0 Å². The fourth-order valence-electron chi connectivity index (χ4n) is 5.40. The maximum Gasteiger partial charge on any atom is 0.306 e. The molecule has 0 fully saturated rings. The number of aliphatic hydroxyl groups excluding tert-OH is 1. The highest BCUT2D eigenvalue weighted by Crippen LogP contribution is 2.13. The number of unbranched alkanes of at least 4 members (excludes halogenated alkanes) is 16. The van der Waals surface area contributed by atoms with Gasteiger partial charge in [-0.25, -0.2) is 0 Å². The lowest BCUT2D eigenvalue weighted by molar-refractivity contribution is -0.161. The average Bonchev–Trinajstić information content (AvgIpc) is 3.12. The quantitative estimate of drug-likeness (QED) is 0.0401. The van der Waals surface area contributed by atoms with Crippen LogP contribution < -0.4 is 0 Å². The van der Waals surface area contributed by atoms with Gasteiger partial charge in [-0.2, -0.15) is 0 Å². The highest BCUT2D eigenvalue weighted by atomic mass is 16.6. The lowest BCUT2D eigenvalue weighted by Crippen LogP contribution is -2.28. The Kier molecular flexibility index (Phi) is 38.6. The van der Waals surface area contributed by atoms with Crippen molar-refractivity contribution in [3.05, 3.63) is 72.9 Å². The Balaban J connectivity index is 3.61. The molecule has 0 aromatic heterocycles. The molecule has 0 aliphatic heterocycles. The molecule has 5 heteroatoms. The molecular weight excluding hydrogens is 620 g/mol. The third-order valence-corrected chi connectivity index (χ3v) is 8.48. The smallest absolute Gasteiger partial charge is 0.306 e. The monoisotopic (exact) mass is 697 g/mol. The van der Waals surface area contributed by atoms with Crippen molar-refractivity contribution in [2.45, 2.75) is 187 Å². The Labute approximate surface area is 308 Å². The first kappa shape index (κ1) is 47.3. The first-order chi connectivity index (χ1) is 24.6. The number of carbonyl (C=O) groups excluding carboxylic acids is 2. The largest absolute Gasteiger partial charge is 0.462 e. The van der Waals surface area contributed by atoms with Crippen LogP contribution in [0.15, 0.2) is 72.9 Å². The van der Waals surface area contributed by atoms with Gasteiger partial charge in [-0.15, -0.1) is 0 Å². The molecule has 286 valence electrons. The summed E-state index contributed by atoms with van der Waals surface area (Å²) in [6, 6.07) is 0. The molecule has 0 spiro atoms. The Hall–Kier alpha value is -2.66. The van der Waals surface area contributed by atoms with Crippen molar-refractivity contribution >= 4 is 11.9 Å². The third-order valence-electron chi connectivity index (χ3n) is 8.48. The molecule has 0 aliphatic rings. The van der Waals surface area contributed by atoms with E-state index in [0.717, 1.165) is 83.5 Å². The van der Waals surface area contributed by atoms with E-state index in [9.17, 15) is 14.7 Å². The van der Waals surface area contributed by atoms with E-state index in [4.69, 9.17) is 9.47 Å². The van der Waals surface area contributed by atoms with Crippen LogP contribution in [0.1, 0.15) is 181 Å². The van der Waals surface area contributed by atoms with E-state index >= 15 is 0 Å². The van der Waals surface area contributed by atoms with E-state index in [2.05, 4.69) is 86.8 Å². The molecule has 1 atom stereocenters. The van der Waals surface area contributed by atoms with Crippen LogP contribution in [0.5, 0.6) is 0 Å². The van der Waals surface area contributed by atoms with Crippen LogP contribution in [-0.4, -0.2) is 36.4 Å². The van der Waals surface area contributed by atoms with Gasteiger partial charge in [-0.05, 0) is 83.5 Å². The van der Waals surface area contributed by atoms with Crippen LogP contribution in [-0.2, 0) is 19.1 Å². The molecule has 50 heavy (non-hydrogen) atoms. The molecule has 0 aromatic rings. The molecule has 1 unspecified atom stereocenters. The van der Waals surface area contributed by atoms with Gasteiger partial charge in [0.15, 0.2) is 6.10 Å². The molecule has 1 N–H and O–H groups in total. The Morgan fingerprint density at radius 3 is 1.30 bits per heavy atom. The van der Waals surface area contributed by atoms with Crippen LogP contribution >= 0.6 is 0 Å². The van der Waals surface area contributed by atoms with Gasteiger partial charge in [0.2, 0.25) is 0 Å². The van der Waals surface area contributed by atoms with Crippen molar-refractivity contribution in [1.29, 1.82) is 0 Å². The lowest BCUT2D eigenvalue weighted by Gasteiger charge is -2.15. The molecule has 0 rings (SSSR count). The highest BCUT2D eigenvalue weighted by molar-refractivity contribution is 5.70. The van der Waals surface area contributed by atoms with E-state index < -0.39 is 6.10 Å². The predicted molar refractivity (Wildman–Crippen MR) is 214 cm³/mol. The molecule has 0 heterocycles. The predicted octanol–water partition coefficient (Wildman–Crippen LogP) is 13.0. The minimum Gasteiger partial charge on any atom is -0.462 e. The van der Waals surface area contributed by atoms with E-state index in [0.29, 0.717) is 12.8 Å². The van der Waals surface area contributed by atoms with Crippen LogP contribution in [0, 0.1) is 0 Å². The normalized spacial score (nSPS) is 12.9. The molecular formula is C45H76O5. The van der Waals surface area contributed by atoms with Gasteiger partial charge in [0, 0.05) is 12.8 Å². The van der Waals surface area contributed by atoms with Crippen LogP contribution in [0.25, 0.3) is 0 Å². The van der Waals surface area contributed by atoms with Crippen molar-refractivity contribution in [2.75, 3.05) is 13.2 Å². The topological polar surface area (TPSA) is 72.8 Å². The van der Waals surface area contributed by atoms with E-state index in [1.165, 1.54) is 70.6 Å². The summed E-state index contributed by atoms with van der Waals surface area (Å²) < 4.78 is 10.6. The van der Waals surface area contributed by atoms with Gasteiger partial charge in [0.1, 0.15) is 6.61 Å². The van der Waals surface area contributed by atoms with Gasteiger partial charge in [0.25, 0.3) is 0 Å². The molecule has 0 aromatic carbocycles. The zero-order chi connectivity index (χ0) is 36.4. The van der Waals surface area contributed by atoms with Gasteiger partial charge in [0.05, 0.1) is 6.61 Å². The lowest BCUT2D eigenvalue weighted by atomic mass is 10.1. The molecule has 0 saturated carbocycles. The number of esters is 2. The average molecular weight is 697 g/mol. The maximum atomic E-state index is 12.2. The Morgan fingerprint density at radius 1 is 0.480 bits per heavy atom. The number of rotatable bonds is 36. The first-order valence-corrected chi connectivity index (χ1v) is 20.5. The molecule has 0 saturated heterocycles. The van der Waals surface area contributed by atoms with Crippen LogP contribution in [0.4, 0.5) is 0 Å². The van der Waals surface area contributed by atoms with Gasteiger partial charge >= 0.3 is 11.9 Å². The minimum absolute atomic E-state index is 0.0814. The van der Waals surface area contributed by atoms with Crippen molar-refractivity contribution in [1.82, 2.24) is 0 Å². The highest BCUT2D eigenvalue weighted by Gasteiger charge is 2.16. The number of ether oxygens (including phenoxy) is 2. The number of aliphatic hydroxyl groups is 1. The van der Waals surface area contributed by atoms with Crippen LogP contribution in [0.2, 0.25) is 0 Å². The van der Waals surface area contributed by atoms with Crippen molar-refractivity contribution < 1.29 is 24.2 Å².